The summed E-state index contributed by atoms with van der Waals surface area (Å²) in [4.78, 5) is 0. The standard InChI is InChI=1S/C16H30O2Si/c1-6-19(17)10-13-8-14-12(3)9-16(4,5)18-15(14)7-11(13)2/h11-15H,6-10H2,1-5H3. The molecule has 0 aromatic heterocycles. The first kappa shape index (κ1) is 15.4. The van der Waals surface area contributed by atoms with E-state index in [1.807, 2.05) is 0 Å². The predicted molar refractivity (Wildman–Crippen MR) is 79.8 cm³/mol. The van der Waals surface area contributed by atoms with Crippen molar-refractivity contribution in [3.63, 3.8) is 0 Å². The minimum Gasteiger partial charge on any atom is -0.388 e. The highest BCUT2D eigenvalue weighted by Crippen LogP contribution is 2.47. The molecule has 5 atom stereocenters. The minimum absolute atomic E-state index is 0.0457. The molecule has 0 amide bonds. The smallest absolute Gasteiger partial charge is 0.276 e. The van der Waals surface area contributed by atoms with E-state index in [2.05, 4.69) is 34.6 Å². The van der Waals surface area contributed by atoms with Crippen LogP contribution in [0.3, 0.4) is 0 Å². The zero-order valence-corrected chi connectivity index (χ0v) is 14.2. The fraction of sp³-hybridized carbons (Fsp3) is 1.00. The maximum absolute atomic E-state index is 11.9. The van der Waals surface area contributed by atoms with Crippen LogP contribution in [-0.2, 0) is 9.20 Å². The predicted octanol–water partition coefficient (Wildman–Crippen LogP) is 4.29. The first-order valence-electron chi connectivity index (χ1n) is 8.02. The van der Waals surface area contributed by atoms with Crippen molar-refractivity contribution in [1.29, 1.82) is 0 Å². The van der Waals surface area contributed by atoms with Gasteiger partial charge in [0.15, 0.2) is 0 Å². The molecule has 19 heavy (non-hydrogen) atoms. The Morgan fingerprint density at radius 3 is 2.53 bits per heavy atom. The lowest BCUT2D eigenvalue weighted by Gasteiger charge is -2.50. The lowest BCUT2D eigenvalue weighted by molar-refractivity contribution is -0.178. The third-order valence-corrected chi connectivity index (χ3v) is 7.13. The summed E-state index contributed by atoms with van der Waals surface area (Å²) >= 11 is 0. The molecule has 0 radical (unpaired) electrons. The largest absolute Gasteiger partial charge is 0.388 e. The lowest BCUT2D eigenvalue weighted by Crippen LogP contribution is -2.49. The molecule has 1 aliphatic carbocycles. The van der Waals surface area contributed by atoms with Crippen LogP contribution in [0, 0.1) is 23.7 Å². The number of rotatable bonds is 3. The maximum Gasteiger partial charge on any atom is 0.276 e. The van der Waals surface area contributed by atoms with Gasteiger partial charge in [-0.3, -0.25) is 0 Å². The Hall–Kier alpha value is -0.0231. The van der Waals surface area contributed by atoms with Gasteiger partial charge in [-0.05, 0) is 68.9 Å². The first-order chi connectivity index (χ1) is 8.82. The monoisotopic (exact) mass is 282 g/mol. The van der Waals surface area contributed by atoms with Gasteiger partial charge in [0.25, 0.3) is 8.68 Å². The summed E-state index contributed by atoms with van der Waals surface area (Å²) in [6.07, 6.45) is 4.01. The van der Waals surface area contributed by atoms with Gasteiger partial charge in [0.05, 0.1) is 11.7 Å². The van der Waals surface area contributed by atoms with Gasteiger partial charge >= 0.3 is 0 Å². The number of hydrogen-bond acceptors (Lipinski definition) is 2. The molecule has 2 nitrogen and oxygen atoms in total. The molecule has 5 unspecified atom stereocenters. The molecule has 3 heteroatoms. The van der Waals surface area contributed by atoms with Crippen molar-refractivity contribution in [3.8, 4) is 0 Å². The van der Waals surface area contributed by atoms with E-state index in [-0.39, 0.29) is 5.60 Å². The summed E-state index contributed by atoms with van der Waals surface area (Å²) < 4.78 is 18.3. The number of ether oxygens (including phenoxy) is 1. The van der Waals surface area contributed by atoms with Gasteiger partial charge in [0.2, 0.25) is 0 Å². The zero-order valence-electron chi connectivity index (χ0n) is 13.2. The minimum atomic E-state index is -1.33. The maximum atomic E-state index is 11.9. The Morgan fingerprint density at radius 1 is 1.21 bits per heavy atom. The summed E-state index contributed by atoms with van der Waals surface area (Å²) in [5.41, 5.74) is 0.0457. The van der Waals surface area contributed by atoms with Gasteiger partial charge in [-0.15, -0.1) is 0 Å². The molecule has 0 aromatic carbocycles. The van der Waals surface area contributed by atoms with Crippen LogP contribution in [0.4, 0.5) is 0 Å². The molecule has 1 heterocycles. The molecule has 2 rings (SSSR count). The molecule has 110 valence electrons. The molecular formula is C16H30O2Si. The number of fused-ring (bicyclic) bond motifs is 1. The van der Waals surface area contributed by atoms with Crippen LogP contribution in [0.15, 0.2) is 0 Å². The average molecular weight is 282 g/mol. The molecule has 0 aromatic rings. The zero-order chi connectivity index (χ0) is 14.2. The van der Waals surface area contributed by atoms with Gasteiger partial charge < -0.3 is 9.20 Å². The van der Waals surface area contributed by atoms with E-state index < -0.39 is 8.68 Å². The van der Waals surface area contributed by atoms with E-state index in [1.54, 1.807) is 0 Å². The summed E-state index contributed by atoms with van der Waals surface area (Å²) in [5, 5.41) is 0. The Labute approximate surface area is 120 Å². The molecule has 2 aliphatic rings. The second-order valence-corrected chi connectivity index (χ2v) is 9.76. The summed E-state index contributed by atoms with van der Waals surface area (Å²) in [5.74, 6) is 2.77. The molecule has 1 aliphatic heterocycles. The molecule has 2 fully saturated rings. The molecule has 0 N–H and O–H groups in total. The third-order valence-electron chi connectivity index (χ3n) is 5.36. The Morgan fingerprint density at radius 2 is 1.89 bits per heavy atom. The molecule has 1 saturated heterocycles. The van der Waals surface area contributed by atoms with E-state index in [0.717, 1.165) is 24.4 Å². The molecule has 0 bridgehead atoms. The summed E-state index contributed by atoms with van der Waals surface area (Å²) in [6.45, 7) is 11.2. The second-order valence-electron chi connectivity index (χ2n) is 7.57. The fourth-order valence-corrected chi connectivity index (χ4v) is 5.75. The van der Waals surface area contributed by atoms with Crippen molar-refractivity contribution in [1.82, 2.24) is 0 Å². The molecular weight excluding hydrogens is 252 g/mol. The normalized spacial score (nSPS) is 41.6. The number of hydrogen-bond donors (Lipinski definition) is 0. The third kappa shape index (κ3) is 3.55. The Bertz CT molecular complexity index is 340. The lowest BCUT2D eigenvalue weighted by atomic mass is 9.66. The van der Waals surface area contributed by atoms with E-state index in [4.69, 9.17) is 4.74 Å². The van der Waals surface area contributed by atoms with E-state index in [0.29, 0.717) is 23.9 Å². The van der Waals surface area contributed by atoms with Crippen LogP contribution in [0.25, 0.3) is 0 Å². The van der Waals surface area contributed by atoms with Crippen LogP contribution < -0.4 is 0 Å². The highest BCUT2D eigenvalue weighted by Gasteiger charge is 2.45. The second kappa shape index (κ2) is 5.77. The molecule has 1 saturated carbocycles. The summed E-state index contributed by atoms with van der Waals surface area (Å²) in [6, 6.07) is 1.85. The van der Waals surface area contributed by atoms with E-state index >= 15 is 0 Å². The van der Waals surface area contributed by atoms with Crippen molar-refractivity contribution in [2.45, 2.75) is 77.7 Å². The Balaban J connectivity index is 2.04. The van der Waals surface area contributed by atoms with Crippen LogP contribution in [-0.4, -0.2) is 20.4 Å². The first-order valence-corrected chi connectivity index (χ1v) is 9.84. The van der Waals surface area contributed by atoms with Gasteiger partial charge in [-0.25, -0.2) is 0 Å². The highest BCUT2D eigenvalue weighted by atomic mass is 28.3. The quantitative estimate of drug-likeness (QED) is 0.722. The van der Waals surface area contributed by atoms with Crippen LogP contribution in [0.2, 0.25) is 12.1 Å². The van der Waals surface area contributed by atoms with Gasteiger partial charge in [0.1, 0.15) is 0 Å². The van der Waals surface area contributed by atoms with Crippen LogP contribution >= 0.6 is 0 Å². The van der Waals surface area contributed by atoms with Crippen LogP contribution in [0.5, 0.6) is 0 Å². The molecule has 0 spiro atoms. The van der Waals surface area contributed by atoms with Gasteiger partial charge in [-0.2, -0.15) is 0 Å². The van der Waals surface area contributed by atoms with Crippen molar-refractivity contribution >= 4 is 8.68 Å². The van der Waals surface area contributed by atoms with E-state index in [1.165, 1.54) is 12.8 Å². The Kier molecular flexibility index (Phi) is 4.66. The van der Waals surface area contributed by atoms with E-state index in [9.17, 15) is 4.46 Å². The van der Waals surface area contributed by atoms with Crippen molar-refractivity contribution < 1.29 is 9.20 Å². The van der Waals surface area contributed by atoms with Crippen molar-refractivity contribution in [2.75, 3.05) is 0 Å². The van der Waals surface area contributed by atoms with Crippen molar-refractivity contribution in [2.24, 2.45) is 23.7 Å². The van der Waals surface area contributed by atoms with Gasteiger partial charge in [0, 0.05) is 0 Å². The SMILES string of the molecule is CC[Si](=O)CC1CC2C(C)CC(C)(C)OC2CC1C. The van der Waals surface area contributed by atoms with Gasteiger partial charge in [-0.1, -0.05) is 20.8 Å². The summed E-state index contributed by atoms with van der Waals surface area (Å²) in [7, 11) is -1.33. The topological polar surface area (TPSA) is 26.3 Å². The fourth-order valence-electron chi connectivity index (χ4n) is 4.31. The average Bonchev–Trinajstić information content (AvgIpc) is 2.29. The highest BCUT2D eigenvalue weighted by molar-refractivity contribution is 6.42. The van der Waals surface area contributed by atoms with Crippen LogP contribution in [0.1, 0.15) is 53.9 Å². The van der Waals surface area contributed by atoms with Crippen molar-refractivity contribution in [3.05, 3.63) is 0 Å².